The number of nitrogens with zero attached hydrogens (tertiary/aromatic N) is 4. The van der Waals surface area contributed by atoms with Crippen molar-refractivity contribution in [3.05, 3.63) is 42.1 Å². The molecular weight excluding hydrogens is 314 g/mol. The maximum absolute atomic E-state index is 5.96. The molecule has 2 fully saturated rings. The lowest BCUT2D eigenvalue weighted by Crippen LogP contribution is -2.32. The zero-order valence-corrected chi connectivity index (χ0v) is 14.9. The number of aromatic nitrogens is 3. The SMILES string of the molecule is CCn1ccnc1[C@H]1OCC[C@@H]1NCc1ccc(N2CCCC2)nc1. The highest BCUT2D eigenvalue weighted by Gasteiger charge is 2.32. The van der Waals surface area contributed by atoms with Gasteiger partial charge in [0.05, 0.1) is 0 Å². The van der Waals surface area contributed by atoms with Crippen molar-refractivity contribution in [1.82, 2.24) is 19.9 Å². The summed E-state index contributed by atoms with van der Waals surface area (Å²) < 4.78 is 8.12. The first-order valence-electron chi connectivity index (χ1n) is 9.41. The molecule has 2 saturated heterocycles. The van der Waals surface area contributed by atoms with Gasteiger partial charge in [0, 0.05) is 57.4 Å². The number of rotatable bonds is 6. The molecule has 2 aliphatic heterocycles. The van der Waals surface area contributed by atoms with Gasteiger partial charge in [0.25, 0.3) is 0 Å². The van der Waals surface area contributed by atoms with Crippen molar-refractivity contribution in [3.8, 4) is 0 Å². The first-order valence-corrected chi connectivity index (χ1v) is 9.41. The highest BCUT2D eigenvalue weighted by Crippen LogP contribution is 2.28. The quantitative estimate of drug-likeness (QED) is 0.875. The number of hydrogen-bond acceptors (Lipinski definition) is 5. The number of ether oxygens (including phenoxy) is 1. The van der Waals surface area contributed by atoms with Gasteiger partial charge in [0.15, 0.2) is 0 Å². The Hall–Kier alpha value is -1.92. The molecule has 6 heteroatoms. The van der Waals surface area contributed by atoms with Crippen LogP contribution < -0.4 is 10.2 Å². The average Bonchev–Trinajstić information content (AvgIpc) is 3.41. The van der Waals surface area contributed by atoms with E-state index in [9.17, 15) is 0 Å². The average molecular weight is 341 g/mol. The molecular formula is C19H27N5O. The number of anilines is 1. The molecule has 2 atom stereocenters. The van der Waals surface area contributed by atoms with Crippen molar-refractivity contribution in [2.24, 2.45) is 0 Å². The fraction of sp³-hybridized carbons (Fsp3) is 0.579. The summed E-state index contributed by atoms with van der Waals surface area (Å²) in [6.07, 6.45) is 9.49. The van der Waals surface area contributed by atoms with Crippen LogP contribution in [0.25, 0.3) is 0 Å². The smallest absolute Gasteiger partial charge is 0.139 e. The summed E-state index contributed by atoms with van der Waals surface area (Å²) >= 11 is 0. The summed E-state index contributed by atoms with van der Waals surface area (Å²) in [6.45, 7) is 6.92. The second-order valence-electron chi connectivity index (χ2n) is 6.86. The Morgan fingerprint density at radius 3 is 2.88 bits per heavy atom. The lowest BCUT2D eigenvalue weighted by atomic mass is 10.1. The maximum atomic E-state index is 5.96. The zero-order valence-electron chi connectivity index (χ0n) is 14.9. The first-order chi connectivity index (χ1) is 12.3. The van der Waals surface area contributed by atoms with Gasteiger partial charge in [-0.05, 0) is 37.8 Å². The third-order valence-electron chi connectivity index (χ3n) is 5.24. The molecule has 0 aliphatic carbocycles. The number of hydrogen-bond donors (Lipinski definition) is 1. The molecule has 4 rings (SSSR count). The van der Waals surface area contributed by atoms with E-state index < -0.39 is 0 Å². The van der Waals surface area contributed by atoms with Crippen LogP contribution in [0.15, 0.2) is 30.7 Å². The fourth-order valence-electron chi connectivity index (χ4n) is 3.80. The van der Waals surface area contributed by atoms with Gasteiger partial charge in [-0.3, -0.25) is 0 Å². The van der Waals surface area contributed by atoms with E-state index in [1.165, 1.54) is 18.4 Å². The van der Waals surface area contributed by atoms with Gasteiger partial charge in [0.1, 0.15) is 17.7 Å². The van der Waals surface area contributed by atoms with Crippen LogP contribution in [-0.4, -0.2) is 40.3 Å². The van der Waals surface area contributed by atoms with E-state index in [1.807, 2.05) is 18.6 Å². The molecule has 0 aromatic carbocycles. The molecule has 2 aliphatic rings. The number of nitrogens with one attached hydrogen (secondary N) is 1. The van der Waals surface area contributed by atoms with Crippen LogP contribution in [0, 0.1) is 0 Å². The van der Waals surface area contributed by atoms with Crippen LogP contribution in [0.5, 0.6) is 0 Å². The minimum absolute atomic E-state index is 0.0341. The summed E-state index contributed by atoms with van der Waals surface area (Å²) in [6, 6.07) is 4.63. The van der Waals surface area contributed by atoms with E-state index >= 15 is 0 Å². The second kappa shape index (κ2) is 7.54. The standard InChI is InChI=1S/C19H27N5O/c1-2-23-11-8-20-19(23)18-16(7-12-25-18)21-13-15-5-6-17(22-14-15)24-9-3-4-10-24/h5-6,8,11,14,16,18,21H,2-4,7,9-10,12-13H2,1H3/t16-,18-/m0/s1. The van der Waals surface area contributed by atoms with Crippen molar-refractivity contribution in [1.29, 1.82) is 0 Å². The summed E-state index contributed by atoms with van der Waals surface area (Å²) in [5.41, 5.74) is 1.22. The minimum Gasteiger partial charge on any atom is -0.369 e. The first kappa shape index (κ1) is 16.5. The highest BCUT2D eigenvalue weighted by atomic mass is 16.5. The number of pyridine rings is 1. The largest absolute Gasteiger partial charge is 0.369 e. The van der Waals surface area contributed by atoms with Crippen LogP contribution in [0.1, 0.15) is 43.7 Å². The van der Waals surface area contributed by atoms with Crippen molar-refractivity contribution < 1.29 is 4.74 Å². The highest BCUT2D eigenvalue weighted by molar-refractivity contribution is 5.40. The molecule has 4 heterocycles. The molecule has 0 radical (unpaired) electrons. The van der Waals surface area contributed by atoms with E-state index in [2.05, 4.69) is 43.8 Å². The number of aryl methyl sites for hydroxylation is 1. The molecule has 134 valence electrons. The Labute approximate surface area is 149 Å². The van der Waals surface area contributed by atoms with Gasteiger partial charge in [-0.25, -0.2) is 9.97 Å². The van der Waals surface area contributed by atoms with E-state index in [0.29, 0.717) is 6.04 Å². The van der Waals surface area contributed by atoms with Gasteiger partial charge in [-0.15, -0.1) is 0 Å². The third-order valence-corrected chi connectivity index (χ3v) is 5.24. The molecule has 6 nitrogen and oxygen atoms in total. The van der Waals surface area contributed by atoms with Gasteiger partial charge in [-0.2, -0.15) is 0 Å². The number of imidazole rings is 1. The van der Waals surface area contributed by atoms with Crippen molar-refractivity contribution >= 4 is 5.82 Å². The van der Waals surface area contributed by atoms with Crippen LogP contribution in [-0.2, 0) is 17.8 Å². The van der Waals surface area contributed by atoms with Crippen LogP contribution >= 0.6 is 0 Å². The third kappa shape index (κ3) is 3.55. The summed E-state index contributed by atoms with van der Waals surface area (Å²) in [5.74, 6) is 2.13. The molecule has 25 heavy (non-hydrogen) atoms. The minimum atomic E-state index is 0.0341. The van der Waals surface area contributed by atoms with Gasteiger partial charge >= 0.3 is 0 Å². The Morgan fingerprint density at radius 1 is 1.24 bits per heavy atom. The fourth-order valence-corrected chi connectivity index (χ4v) is 3.80. The van der Waals surface area contributed by atoms with Crippen molar-refractivity contribution in [2.45, 2.75) is 51.4 Å². The summed E-state index contributed by atoms with van der Waals surface area (Å²) in [4.78, 5) is 11.5. The molecule has 2 aromatic heterocycles. The predicted molar refractivity (Wildman–Crippen MR) is 97.5 cm³/mol. The van der Waals surface area contributed by atoms with E-state index in [1.54, 1.807) is 0 Å². The zero-order chi connectivity index (χ0) is 17.1. The van der Waals surface area contributed by atoms with Gasteiger partial charge < -0.3 is 19.5 Å². The lowest BCUT2D eigenvalue weighted by molar-refractivity contribution is 0.0886. The monoisotopic (exact) mass is 341 g/mol. The molecule has 1 N–H and O–H groups in total. The molecule has 0 unspecified atom stereocenters. The Kier molecular flexibility index (Phi) is 4.99. The summed E-state index contributed by atoms with van der Waals surface area (Å²) in [7, 11) is 0. The topological polar surface area (TPSA) is 55.2 Å². The Bertz CT molecular complexity index is 677. The van der Waals surface area contributed by atoms with Crippen LogP contribution in [0.3, 0.4) is 0 Å². The van der Waals surface area contributed by atoms with E-state index in [0.717, 1.165) is 50.8 Å². The lowest BCUT2D eigenvalue weighted by Gasteiger charge is -2.21. The van der Waals surface area contributed by atoms with E-state index in [-0.39, 0.29) is 6.10 Å². The molecule has 0 amide bonds. The Balaban J connectivity index is 1.37. The van der Waals surface area contributed by atoms with Crippen molar-refractivity contribution in [3.63, 3.8) is 0 Å². The molecule has 2 aromatic rings. The van der Waals surface area contributed by atoms with Crippen molar-refractivity contribution in [2.75, 3.05) is 24.6 Å². The predicted octanol–water partition coefficient (Wildman–Crippen LogP) is 2.52. The van der Waals surface area contributed by atoms with Crippen LogP contribution in [0.2, 0.25) is 0 Å². The molecule has 0 bridgehead atoms. The Morgan fingerprint density at radius 2 is 2.12 bits per heavy atom. The second-order valence-corrected chi connectivity index (χ2v) is 6.86. The van der Waals surface area contributed by atoms with Gasteiger partial charge in [-0.1, -0.05) is 6.07 Å². The molecule has 0 spiro atoms. The van der Waals surface area contributed by atoms with E-state index in [4.69, 9.17) is 4.74 Å². The van der Waals surface area contributed by atoms with Gasteiger partial charge in [0.2, 0.25) is 0 Å². The maximum Gasteiger partial charge on any atom is 0.139 e. The van der Waals surface area contributed by atoms with Crippen LogP contribution in [0.4, 0.5) is 5.82 Å². The molecule has 0 saturated carbocycles. The summed E-state index contributed by atoms with van der Waals surface area (Å²) in [5, 5.41) is 3.64. The normalized spacial score (nSPS) is 23.5.